The molecule has 1 aromatic rings. The lowest BCUT2D eigenvalue weighted by atomic mass is 9.78. The lowest BCUT2D eigenvalue weighted by molar-refractivity contribution is -0.136. The minimum atomic E-state index is -1.86. The van der Waals surface area contributed by atoms with Crippen LogP contribution in [-0.2, 0) is 19.1 Å². The Morgan fingerprint density at radius 2 is 2.04 bits per heavy atom. The van der Waals surface area contributed by atoms with Gasteiger partial charge in [-0.15, -0.1) is 0 Å². The fourth-order valence-electron chi connectivity index (χ4n) is 2.63. The molecule has 0 saturated heterocycles. The van der Waals surface area contributed by atoms with Gasteiger partial charge >= 0.3 is 13.1 Å². The van der Waals surface area contributed by atoms with Crippen LogP contribution in [0.2, 0.25) is 0 Å². The molecular weight excluding hydrogens is 357 g/mol. The molecule has 144 valence electrons. The van der Waals surface area contributed by atoms with E-state index in [4.69, 9.17) is 20.0 Å². The smallest absolute Gasteiger partial charge is 0.481 e. The number of esters is 1. The maximum absolute atomic E-state index is 12.6. The highest BCUT2D eigenvalue weighted by atomic mass is 16.5. The molecule has 0 saturated carbocycles. The Morgan fingerprint density at radius 3 is 2.59 bits per heavy atom. The number of β-amino-alcohol motifs (C(OH)–C–C–N with tert-alkyl or cyclic N) is 1. The maximum atomic E-state index is 12.6. The van der Waals surface area contributed by atoms with Crippen molar-refractivity contribution in [1.82, 2.24) is 4.90 Å². The van der Waals surface area contributed by atoms with Gasteiger partial charge in [0.25, 0.3) is 5.91 Å². The van der Waals surface area contributed by atoms with Crippen molar-refractivity contribution < 1.29 is 34.2 Å². The molecule has 1 heterocycles. The number of nitrogens with one attached hydrogen (secondary N) is 2. The second kappa shape index (κ2) is 8.67. The number of hydrogen-bond acceptors (Lipinski definition) is 9. The molecule has 0 spiro atoms. The van der Waals surface area contributed by atoms with Crippen LogP contribution in [0.15, 0.2) is 29.5 Å². The first-order chi connectivity index (χ1) is 12.8. The highest BCUT2D eigenvalue weighted by Gasteiger charge is 2.35. The van der Waals surface area contributed by atoms with E-state index >= 15 is 0 Å². The van der Waals surface area contributed by atoms with Gasteiger partial charge in [0.15, 0.2) is 0 Å². The Morgan fingerprint density at radius 1 is 1.33 bits per heavy atom. The number of amides is 1. The van der Waals surface area contributed by atoms with Crippen molar-refractivity contribution in [3.8, 4) is 0 Å². The number of aliphatic hydroxyl groups is 1. The summed E-state index contributed by atoms with van der Waals surface area (Å²) in [7, 11) is 0.635. The van der Waals surface area contributed by atoms with Gasteiger partial charge in [-0.05, 0) is 12.1 Å². The van der Waals surface area contributed by atoms with Crippen LogP contribution in [0.3, 0.4) is 0 Å². The number of rotatable bonds is 7. The molecule has 0 fully saturated rings. The van der Waals surface area contributed by atoms with E-state index in [1.807, 2.05) is 0 Å². The Kier molecular flexibility index (Phi) is 6.56. The van der Waals surface area contributed by atoms with Crippen LogP contribution in [0.5, 0.6) is 0 Å². The molecule has 1 aliphatic heterocycles. The highest BCUT2D eigenvalue weighted by molar-refractivity contribution is 6.60. The predicted molar refractivity (Wildman–Crippen MR) is 96.4 cm³/mol. The zero-order valence-corrected chi connectivity index (χ0v) is 14.9. The van der Waals surface area contributed by atoms with Gasteiger partial charge in [0.1, 0.15) is 5.70 Å². The third-order valence-electron chi connectivity index (χ3n) is 4.01. The van der Waals surface area contributed by atoms with Crippen molar-refractivity contribution in [3.05, 3.63) is 35.0 Å². The quantitative estimate of drug-likeness (QED) is 0.159. The molecule has 0 unspecified atom stereocenters. The second-order valence-corrected chi connectivity index (χ2v) is 5.63. The Bertz CT molecular complexity index is 794. The summed E-state index contributed by atoms with van der Waals surface area (Å²) in [5.74, 6) is -1.44. The van der Waals surface area contributed by atoms with Gasteiger partial charge in [0, 0.05) is 23.3 Å². The van der Waals surface area contributed by atoms with E-state index in [1.54, 1.807) is 0 Å². The molecule has 27 heavy (non-hydrogen) atoms. The average molecular weight is 377 g/mol. The summed E-state index contributed by atoms with van der Waals surface area (Å²) in [6, 6.07) is 4.21. The van der Waals surface area contributed by atoms with E-state index in [2.05, 4.69) is 5.32 Å². The van der Waals surface area contributed by atoms with Crippen LogP contribution in [0.25, 0.3) is 0 Å². The third-order valence-corrected chi connectivity index (χ3v) is 4.01. The fourth-order valence-corrected chi connectivity index (χ4v) is 2.63. The van der Waals surface area contributed by atoms with Crippen LogP contribution in [0.1, 0.15) is 5.56 Å². The van der Waals surface area contributed by atoms with E-state index in [0.29, 0.717) is 5.56 Å². The number of methoxy groups -OCH3 is 2. The number of hydrogen-bond donors (Lipinski definition) is 5. The van der Waals surface area contributed by atoms with Crippen LogP contribution in [0, 0.1) is 5.41 Å². The van der Waals surface area contributed by atoms with Gasteiger partial charge < -0.3 is 34.8 Å². The van der Waals surface area contributed by atoms with Crippen LogP contribution >= 0.6 is 0 Å². The summed E-state index contributed by atoms with van der Waals surface area (Å²) in [4.78, 5) is 25.9. The van der Waals surface area contributed by atoms with Crippen molar-refractivity contribution in [1.29, 1.82) is 5.41 Å². The fraction of sp³-hybridized carbons (Fsp3) is 0.312. The van der Waals surface area contributed by atoms with Crippen LogP contribution in [-0.4, -0.2) is 78.9 Å². The number of aliphatic hydroxyl groups excluding tert-OH is 1. The molecule has 10 nitrogen and oxygen atoms in total. The summed E-state index contributed by atoms with van der Waals surface area (Å²) in [6.45, 7) is -0.318. The second-order valence-electron chi connectivity index (χ2n) is 5.63. The zero-order chi connectivity index (χ0) is 20.1. The lowest BCUT2D eigenvalue weighted by Crippen LogP contribution is -2.34. The summed E-state index contributed by atoms with van der Waals surface area (Å²) < 4.78 is 9.55. The highest BCUT2D eigenvalue weighted by Crippen LogP contribution is 2.23. The SMILES string of the molecule is COC(=N)c1ccc(B(O)O)c(NC2=C(C(=O)OC)CN(CCO)C2=O)c1. The third kappa shape index (κ3) is 4.27. The summed E-state index contributed by atoms with van der Waals surface area (Å²) in [5.41, 5.74) is 0.412. The van der Waals surface area contributed by atoms with Crippen LogP contribution < -0.4 is 10.8 Å². The van der Waals surface area contributed by atoms with E-state index in [0.717, 1.165) is 0 Å². The maximum Gasteiger partial charge on any atom is 0.490 e. The minimum absolute atomic E-state index is 0.0222. The molecule has 1 aromatic carbocycles. The zero-order valence-electron chi connectivity index (χ0n) is 14.9. The van der Waals surface area contributed by atoms with E-state index in [-0.39, 0.29) is 48.0 Å². The van der Waals surface area contributed by atoms with Gasteiger partial charge in [0.2, 0.25) is 5.90 Å². The summed E-state index contributed by atoms with van der Waals surface area (Å²) in [5, 5.41) is 38.7. The number of carbonyl (C=O) groups is 2. The first-order valence-electron chi connectivity index (χ1n) is 7.95. The van der Waals surface area contributed by atoms with E-state index in [9.17, 15) is 19.6 Å². The standard InChI is InChI=1S/C16H20BN3O7/c1-26-14(18)9-3-4-11(17(24)25)12(7-9)19-13-10(16(23)27-2)8-20(5-6-21)15(13)22/h3-4,7,18-19,21,24-25H,5-6,8H2,1-2H3. The molecule has 1 aliphatic rings. The topological polar surface area (TPSA) is 152 Å². The molecule has 5 N–H and O–H groups in total. The molecule has 0 radical (unpaired) electrons. The minimum Gasteiger partial charge on any atom is -0.481 e. The molecule has 2 rings (SSSR count). The molecule has 0 aliphatic carbocycles. The van der Waals surface area contributed by atoms with Gasteiger partial charge in [-0.25, -0.2) is 4.79 Å². The van der Waals surface area contributed by atoms with Crippen molar-refractivity contribution in [3.63, 3.8) is 0 Å². The van der Waals surface area contributed by atoms with Gasteiger partial charge in [-0.3, -0.25) is 10.2 Å². The van der Waals surface area contributed by atoms with Gasteiger partial charge in [-0.2, -0.15) is 0 Å². The average Bonchev–Trinajstić information content (AvgIpc) is 2.96. The first kappa shape index (κ1) is 20.4. The van der Waals surface area contributed by atoms with E-state index in [1.165, 1.54) is 37.3 Å². The van der Waals surface area contributed by atoms with Crippen molar-refractivity contribution in [2.75, 3.05) is 39.2 Å². The van der Waals surface area contributed by atoms with Gasteiger partial charge in [-0.1, -0.05) is 6.07 Å². The van der Waals surface area contributed by atoms with Crippen LogP contribution in [0.4, 0.5) is 5.69 Å². The summed E-state index contributed by atoms with van der Waals surface area (Å²) >= 11 is 0. The number of ether oxygens (including phenoxy) is 2. The number of anilines is 1. The first-order valence-corrected chi connectivity index (χ1v) is 7.95. The monoisotopic (exact) mass is 377 g/mol. The van der Waals surface area contributed by atoms with Crippen molar-refractivity contribution >= 4 is 36.0 Å². The number of carbonyl (C=O) groups excluding carboxylic acids is 2. The molecule has 1 amide bonds. The molecular formula is C16H20BN3O7. The summed E-state index contributed by atoms with van der Waals surface area (Å²) in [6.07, 6.45) is 0. The van der Waals surface area contributed by atoms with Crippen molar-refractivity contribution in [2.45, 2.75) is 0 Å². The Hall–Kier alpha value is -2.89. The molecule has 0 aromatic heterocycles. The lowest BCUT2D eigenvalue weighted by Gasteiger charge is -2.17. The normalized spacial score (nSPS) is 13.7. The molecule has 11 heteroatoms. The molecule has 0 bridgehead atoms. The molecule has 0 atom stereocenters. The van der Waals surface area contributed by atoms with Gasteiger partial charge in [0.05, 0.1) is 32.9 Å². The predicted octanol–water partition coefficient (Wildman–Crippen LogP) is -1.99. The Labute approximate surface area is 155 Å². The number of nitrogens with zero attached hydrogens (tertiary/aromatic N) is 1. The number of benzene rings is 1. The van der Waals surface area contributed by atoms with E-state index < -0.39 is 19.0 Å². The largest absolute Gasteiger partial charge is 0.490 e. The Balaban J connectivity index is 2.49. The van der Waals surface area contributed by atoms with Crippen molar-refractivity contribution in [2.24, 2.45) is 0 Å².